The minimum atomic E-state index is -0.143. The molecule has 4 nitrogen and oxygen atoms in total. The van der Waals surface area contributed by atoms with Crippen LogP contribution in [0.15, 0.2) is 24.3 Å². The molecule has 1 unspecified atom stereocenters. The van der Waals surface area contributed by atoms with Gasteiger partial charge < -0.3 is 10.5 Å². The van der Waals surface area contributed by atoms with Gasteiger partial charge in [-0.25, -0.2) is 0 Å². The molecule has 0 radical (unpaired) electrons. The Balaban J connectivity index is 1.94. The highest BCUT2D eigenvalue weighted by atomic mass is 16.5. The van der Waals surface area contributed by atoms with Crippen molar-refractivity contribution < 1.29 is 14.3 Å². The number of hydrogen-bond donors (Lipinski definition) is 1. The number of carbonyl (C=O) groups is 2. The minimum absolute atomic E-state index is 0.143. The van der Waals surface area contributed by atoms with Crippen LogP contribution in [0.3, 0.4) is 0 Å². The summed E-state index contributed by atoms with van der Waals surface area (Å²) in [5, 5.41) is 0. The quantitative estimate of drug-likeness (QED) is 0.470. The SMILES string of the molecule is CCCC(CCOC(=O)CC)c1ccc(C(=O)C2CCC(CN)CC2)cc1. The molecule has 1 atom stereocenters. The van der Waals surface area contributed by atoms with Gasteiger partial charge in [-0.3, -0.25) is 9.59 Å². The molecule has 1 aliphatic carbocycles. The molecule has 1 saturated carbocycles. The van der Waals surface area contributed by atoms with Crippen molar-refractivity contribution >= 4 is 11.8 Å². The fraction of sp³-hybridized carbons (Fsp3) is 0.652. The highest BCUT2D eigenvalue weighted by molar-refractivity contribution is 5.97. The molecule has 27 heavy (non-hydrogen) atoms. The number of ether oxygens (including phenoxy) is 1. The van der Waals surface area contributed by atoms with Crippen molar-refractivity contribution in [1.82, 2.24) is 0 Å². The third-order valence-corrected chi connectivity index (χ3v) is 5.87. The maximum absolute atomic E-state index is 12.8. The second-order valence-corrected chi connectivity index (χ2v) is 7.79. The molecule has 0 aliphatic heterocycles. The van der Waals surface area contributed by atoms with E-state index in [0.717, 1.165) is 57.1 Å². The lowest BCUT2D eigenvalue weighted by Crippen LogP contribution is -2.25. The Morgan fingerprint density at radius 2 is 1.74 bits per heavy atom. The molecule has 4 heteroatoms. The van der Waals surface area contributed by atoms with Gasteiger partial charge >= 0.3 is 5.97 Å². The van der Waals surface area contributed by atoms with Gasteiger partial charge in [0.2, 0.25) is 0 Å². The van der Waals surface area contributed by atoms with Crippen molar-refractivity contribution in [1.29, 1.82) is 0 Å². The summed E-state index contributed by atoms with van der Waals surface area (Å²) in [6.45, 7) is 5.18. The summed E-state index contributed by atoms with van der Waals surface area (Å²) in [6, 6.07) is 8.13. The second kappa shape index (κ2) is 11.2. The number of carbonyl (C=O) groups excluding carboxylic acids is 2. The monoisotopic (exact) mass is 373 g/mol. The number of esters is 1. The largest absolute Gasteiger partial charge is 0.466 e. The van der Waals surface area contributed by atoms with Gasteiger partial charge in [-0.2, -0.15) is 0 Å². The average molecular weight is 374 g/mol. The van der Waals surface area contributed by atoms with E-state index in [0.29, 0.717) is 24.9 Å². The van der Waals surface area contributed by atoms with E-state index in [-0.39, 0.29) is 17.7 Å². The molecule has 0 aromatic heterocycles. The predicted octanol–water partition coefficient (Wildman–Crippen LogP) is 4.86. The number of Topliss-reactive ketones (excluding diaryl/α,β-unsaturated/α-hetero) is 1. The Morgan fingerprint density at radius 1 is 1.07 bits per heavy atom. The van der Waals surface area contributed by atoms with Crippen LogP contribution < -0.4 is 5.73 Å². The Labute approximate surface area is 163 Å². The first-order valence-corrected chi connectivity index (χ1v) is 10.6. The van der Waals surface area contributed by atoms with Crippen LogP contribution in [0, 0.1) is 11.8 Å². The van der Waals surface area contributed by atoms with E-state index in [1.807, 2.05) is 19.1 Å². The first kappa shape index (κ1) is 21.6. The van der Waals surface area contributed by atoms with Crippen LogP contribution in [0.1, 0.15) is 87.1 Å². The highest BCUT2D eigenvalue weighted by Gasteiger charge is 2.26. The highest BCUT2D eigenvalue weighted by Crippen LogP contribution is 2.31. The van der Waals surface area contributed by atoms with Crippen LogP contribution in [0.5, 0.6) is 0 Å². The van der Waals surface area contributed by atoms with Crippen molar-refractivity contribution in [2.75, 3.05) is 13.2 Å². The Morgan fingerprint density at radius 3 is 2.30 bits per heavy atom. The standard InChI is InChI=1S/C23H35NO3/c1-3-5-18(14-15-27-22(25)4-2)19-10-12-21(13-11-19)23(26)20-8-6-17(16-24)7-9-20/h10-13,17-18,20H,3-9,14-16,24H2,1-2H3. The summed E-state index contributed by atoms with van der Waals surface area (Å²) in [7, 11) is 0. The molecule has 0 amide bonds. The lowest BCUT2D eigenvalue weighted by atomic mass is 9.78. The lowest BCUT2D eigenvalue weighted by molar-refractivity contribution is -0.143. The molecular weight excluding hydrogens is 338 g/mol. The fourth-order valence-electron chi connectivity index (χ4n) is 4.06. The van der Waals surface area contributed by atoms with Gasteiger partial charge in [-0.1, -0.05) is 44.5 Å². The molecule has 0 spiro atoms. The Kier molecular flexibility index (Phi) is 8.99. The van der Waals surface area contributed by atoms with Gasteiger partial charge in [-0.15, -0.1) is 0 Å². The summed E-state index contributed by atoms with van der Waals surface area (Å²) in [4.78, 5) is 24.1. The molecule has 1 fully saturated rings. The fourth-order valence-corrected chi connectivity index (χ4v) is 4.06. The summed E-state index contributed by atoms with van der Waals surface area (Å²) in [5.74, 6) is 1.24. The third-order valence-electron chi connectivity index (χ3n) is 5.87. The van der Waals surface area contributed by atoms with Gasteiger partial charge in [0.15, 0.2) is 5.78 Å². The molecule has 2 N–H and O–H groups in total. The molecule has 0 saturated heterocycles. The second-order valence-electron chi connectivity index (χ2n) is 7.79. The van der Waals surface area contributed by atoms with Crippen molar-refractivity contribution in [3.05, 3.63) is 35.4 Å². The van der Waals surface area contributed by atoms with Gasteiger partial charge in [0, 0.05) is 17.9 Å². The number of nitrogens with two attached hydrogens (primary N) is 1. The van der Waals surface area contributed by atoms with E-state index < -0.39 is 0 Å². The molecular formula is C23H35NO3. The molecule has 1 aromatic rings. The zero-order valence-electron chi connectivity index (χ0n) is 16.9. The van der Waals surface area contributed by atoms with Crippen molar-refractivity contribution in [2.45, 2.75) is 71.1 Å². The Bertz CT molecular complexity index is 588. The summed E-state index contributed by atoms with van der Waals surface area (Å²) in [5.41, 5.74) is 7.80. The van der Waals surface area contributed by atoms with Gasteiger partial charge in [-0.05, 0) is 62.5 Å². The van der Waals surface area contributed by atoms with Crippen LogP contribution >= 0.6 is 0 Å². The van der Waals surface area contributed by atoms with Crippen molar-refractivity contribution in [3.63, 3.8) is 0 Å². The smallest absolute Gasteiger partial charge is 0.305 e. The van der Waals surface area contributed by atoms with Crippen LogP contribution in [0.2, 0.25) is 0 Å². The lowest BCUT2D eigenvalue weighted by Gasteiger charge is -2.26. The van der Waals surface area contributed by atoms with Crippen molar-refractivity contribution in [3.8, 4) is 0 Å². The molecule has 1 aromatic carbocycles. The zero-order chi connectivity index (χ0) is 19.6. The van der Waals surface area contributed by atoms with Crippen LogP contribution in [0.4, 0.5) is 0 Å². The van der Waals surface area contributed by atoms with Crippen LogP contribution in [-0.2, 0) is 9.53 Å². The average Bonchev–Trinajstić information content (AvgIpc) is 2.72. The van der Waals surface area contributed by atoms with Crippen LogP contribution in [-0.4, -0.2) is 24.9 Å². The van der Waals surface area contributed by atoms with E-state index in [2.05, 4.69) is 19.1 Å². The number of hydrogen-bond acceptors (Lipinski definition) is 4. The summed E-state index contributed by atoms with van der Waals surface area (Å²) < 4.78 is 5.25. The molecule has 0 bridgehead atoms. The first-order valence-electron chi connectivity index (χ1n) is 10.6. The summed E-state index contributed by atoms with van der Waals surface area (Å²) >= 11 is 0. The molecule has 0 heterocycles. The number of benzene rings is 1. The normalized spacial score (nSPS) is 20.9. The maximum atomic E-state index is 12.8. The number of rotatable bonds is 10. The molecule has 2 rings (SSSR count). The van der Waals surface area contributed by atoms with E-state index in [4.69, 9.17) is 10.5 Å². The predicted molar refractivity (Wildman–Crippen MR) is 109 cm³/mol. The van der Waals surface area contributed by atoms with E-state index in [1.54, 1.807) is 0 Å². The zero-order valence-corrected chi connectivity index (χ0v) is 16.9. The van der Waals surface area contributed by atoms with Gasteiger partial charge in [0.25, 0.3) is 0 Å². The third kappa shape index (κ3) is 6.46. The minimum Gasteiger partial charge on any atom is -0.466 e. The van der Waals surface area contributed by atoms with E-state index in [1.165, 1.54) is 5.56 Å². The number of ketones is 1. The Hall–Kier alpha value is -1.68. The first-order chi connectivity index (χ1) is 13.1. The van der Waals surface area contributed by atoms with Crippen LogP contribution in [0.25, 0.3) is 0 Å². The van der Waals surface area contributed by atoms with Gasteiger partial charge in [0.05, 0.1) is 6.61 Å². The van der Waals surface area contributed by atoms with Gasteiger partial charge in [0.1, 0.15) is 0 Å². The van der Waals surface area contributed by atoms with E-state index in [9.17, 15) is 9.59 Å². The summed E-state index contributed by atoms with van der Waals surface area (Å²) in [6.07, 6.45) is 7.45. The molecule has 150 valence electrons. The van der Waals surface area contributed by atoms with Crippen molar-refractivity contribution in [2.24, 2.45) is 17.6 Å². The van der Waals surface area contributed by atoms with E-state index >= 15 is 0 Å². The topological polar surface area (TPSA) is 69.4 Å². The maximum Gasteiger partial charge on any atom is 0.305 e. The molecule has 1 aliphatic rings.